The molecule has 2 aromatic rings. The van der Waals surface area contributed by atoms with Gasteiger partial charge in [-0.15, -0.1) is 5.10 Å². The van der Waals surface area contributed by atoms with Crippen molar-refractivity contribution in [3.05, 3.63) is 58.9 Å². The number of nitrogens with zero attached hydrogens (tertiary/aromatic N) is 4. The normalized spacial score (nSPS) is 14.7. The summed E-state index contributed by atoms with van der Waals surface area (Å²) in [6, 6.07) is 6.05. The highest BCUT2D eigenvalue weighted by molar-refractivity contribution is 5.93. The van der Waals surface area contributed by atoms with E-state index in [1.54, 1.807) is 23.7 Å². The van der Waals surface area contributed by atoms with Gasteiger partial charge >= 0.3 is 0 Å². The van der Waals surface area contributed by atoms with E-state index in [9.17, 15) is 13.6 Å². The van der Waals surface area contributed by atoms with E-state index in [4.69, 9.17) is 0 Å². The number of hydrogen-bond donors (Lipinski definition) is 0. The fraction of sp³-hybridized carbons (Fsp3) is 0.312. The fourth-order valence-corrected chi connectivity index (χ4v) is 2.50. The first-order valence-corrected chi connectivity index (χ1v) is 7.33. The summed E-state index contributed by atoms with van der Waals surface area (Å²) in [6.45, 7) is 2.58. The van der Waals surface area contributed by atoms with Gasteiger partial charge in [-0.25, -0.2) is 13.5 Å². The molecule has 0 fully saturated rings. The van der Waals surface area contributed by atoms with Gasteiger partial charge in [0.25, 0.3) is 5.91 Å². The van der Waals surface area contributed by atoms with Crippen LogP contribution >= 0.6 is 0 Å². The quantitative estimate of drug-likeness (QED) is 0.873. The third-order valence-corrected chi connectivity index (χ3v) is 3.82. The van der Waals surface area contributed by atoms with Gasteiger partial charge in [0.1, 0.15) is 11.6 Å². The predicted octanol–water partition coefficient (Wildman–Crippen LogP) is 2.47. The van der Waals surface area contributed by atoms with Gasteiger partial charge < -0.3 is 4.90 Å². The summed E-state index contributed by atoms with van der Waals surface area (Å²) >= 11 is 0. The molecule has 0 saturated heterocycles. The van der Waals surface area contributed by atoms with E-state index < -0.39 is 0 Å². The number of rotatable bonds is 3. The lowest BCUT2D eigenvalue weighted by atomic mass is 10.2. The predicted molar refractivity (Wildman–Crippen MR) is 80.0 cm³/mol. The number of aromatic nitrogens is 3. The summed E-state index contributed by atoms with van der Waals surface area (Å²) in [5.74, 6) is -0.933. The molecule has 23 heavy (non-hydrogen) atoms. The van der Waals surface area contributed by atoms with Crippen LogP contribution in [0.25, 0.3) is 0 Å². The van der Waals surface area contributed by atoms with Crippen LogP contribution in [0.1, 0.15) is 28.2 Å². The minimum Gasteiger partial charge on any atom is -0.330 e. The van der Waals surface area contributed by atoms with Crippen molar-refractivity contribution in [1.82, 2.24) is 19.9 Å². The Hall–Kier alpha value is -2.57. The molecular formula is C16H16F2N4O. The molecule has 3 rings (SSSR count). The van der Waals surface area contributed by atoms with Crippen molar-refractivity contribution in [2.75, 3.05) is 13.1 Å². The SMILES string of the molecule is Cc1c(C(=O)N2CCC=C(F)C2)nnn1Cc1ccc(F)cc1. The molecule has 2 heterocycles. The molecule has 1 aliphatic rings. The average molecular weight is 318 g/mol. The summed E-state index contributed by atoms with van der Waals surface area (Å²) in [4.78, 5) is 13.9. The zero-order chi connectivity index (χ0) is 16.4. The van der Waals surface area contributed by atoms with Gasteiger partial charge in [0.15, 0.2) is 5.69 Å². The van der Waals surface area contributed by atoms with E-state index >= 15 is 0 Å². The molecule has 1 aliphatic heterocycles. The van der Waals surface area contributed by atoms with E-state index in [1.807, 2.05) is 0 Å². The molecule has 7 heteroatoms. The van der Waals surface area contributed by atoms with Crippen molar-refractivity contribution < 1.29 is 13.6 Å². The van der Waals surface area contributed by atoms with Crippen LogP contribution in [0.15, 0.2) is 36.2 Å². The Morgan fingerprint density at radius 2 is 2.00 bits per heavy atom. The van der Waals surface area contributed by atoms with Crippen LogP contribution in [0.5, 0.6) is 0 Å². The highest BCUT2D eigenvalue weighted by Crippen LogP contribution is 2.16. The van der Waals surface area contributed by atoms with E-state index in [2.05, 4.69) is 10.3 Å². The van der Waals surface area contributed by atoms with Gasteiger partial charge in [-0.3, -0.25) is 4.79 Å². The third kappa shape index (κ3) is 3.28. The van der Waals surface area contributed by atoms with Crippen molar-refractivity contribution in [3.8, 4) is 0 Å². The van der Waals surface area contributed by atoms with Gasteiger partial charge in [-0.1, -0.05) is 17.3 Å². The van der Waals surface area contributed by atoms with Crippen molar-refractivity contribution in [2.24, 2.45) is 0 Å². The molecule has 0 saturated carbocycles. The summed E-state index contributed by atoms with van der Waals surface area (Å²) in [6.07, 6.45) is 1.99. The van der Waals surface area contributed by atoms with Crippen molar-refractivity contribution in [1.29, 1.82) is 0 Å². The molecule has 0 atom stereocenters. The zero-order valence-corrected chi connectivity index (χ0v) is 12.7. The smallest absolute Gasteiger partial charge is 0.276 e. The maximum absolute atomic E-state index is 13.3. The fourth-order valence-electron chi connectivity index (χ4n) is 2.50. The highest BCUT2D eigenvalue weighted by atomic mass is 19.1. The molecule has 0 unspecified atom stereocenters. The Morgan fingerprint density at radius 1 is 1.26 bits per heavy atom. The third-order valence-electron chi connectivity index (χ3n) is 3.82. The van der Waals surface area contributed by atoms with E-state index in [0.717, 1.165) is 5.56 Å². The zero-order valence-electron chi connectivity index (χ0n) is 12.7. The highest BCUT2D eigenvalue weighted by Gasteiger charge is 2.24. The molecule has 0 bridgehead atoms. The van der Waals surface area contributed by atoms with Gasteiger partial charge in [-0.2, -0.15) is 0 Å². The first kappa shape index (κ1) is 15.3. The molecule has 0 spiro atoms. The topological polar surface area (TPSA) is 51.0 Å². The van der Waals surface area contributed by atoms with Crippen molar-refractivity contribution in [3.63, 3.8) is 0 Å². The van der Waals surface area contributed by atoms with Crippen LogP contribution < -0.4 is 0 Å². The number of halogens is 2. The summed E-state index contributed by atoms with van der Waals surface area (Å²) < 4.78 is 27.8. The van der Waals surface area contributed by atoms with Gasteiger partial charge in [0.2, 0.25) is 0 Å². The Kier molecular flexibility index (Phi) is 4.18. The minimum absolute atomic E-state index is 0.0247. The molecule has 0 radical (unpaired) electrons. The standard InChI is InChI=1S/C16H16F2N4O/c1-11-15(16(23)21-8-2-3-14(18)10-21)19-20-22(11)9-12-4-6-13(17)7-5-12/h3-7H,2,8-10H2,1H3. The molecule has 5 nitrogen and oxygen atoms in total. The Labute approximate surface area is 132 Å². The summed E-state index contributed by atoms with van der Waals surface area (Å²) in [5.41, 5.74) is 1.68. The monoisotopic (exact) mass is 318 g/mol. The lowest BCUT2D eigenvalue weighted by Crippen LogP contribution is -2.35. The van der Waals surface area contributed by atoms with Crippen LogP contribution in [-0.2, 0) is 6.54 Å². The summed E-state index contributed by atoms with van der Waals surface area (Å²) in [5, 5.41) is 7.92. The van der Waals surface area contributed by atoms with Gasteiger partial charge in [0.05, 0.1) is 18.8 Å². The molecule has 1 amide bonds. The maximum Gasteiger partial charge on any atom is 0.276 e. The number of benzene rings is 1. The first-order chi connectivity index (χ1) is 11.0. The Balaban J connectivity index is 1.77. The Bertz CT molecular complexity index is 752. The van der Waals surface area contributed by atoms with E-state index in [0.29, 0.717) is 25.2 Å². The maximum atomic E-state index is 13.3. The second-order valence-corrected chi connectivity index (χ2v) is 5.47. The lowest BCUT2D eigenvalue weighted by Gasteiger charge is -2.23. The molecule has 0 aliphatic carbocycles. The second kappa shape index (κ2) is 6.28. The van der Waals surface area contributed by atoms with E-state index in [-0.39, 0.29) is 29.8 Å². The number of carbonyl (C=O) groups is 1. The van der Waals surface area contributed by atoms with Gasteiger partial charge in [0, 0.05) is 6.54 Å². The lowest BCUT2D eigenvalue weighted by molar-refractivity contribution is 0.0748. The van der Waals surface area contributed by atoms with Gasteiger partial charge in [-0.05, 0) is 37.1 Å². The Morgan fingerprint density at radius 3 is 2.70 bits per heavy atom. The van der Waals surface area contributed by atoms with Crippen molar-refractivity contribution in [2.45, 2.75) is 19.9 Å². The van der Waals surface area contributed by atoms with Crippen LogP contribution in [0, 0.1) is 12.7 Å². The number of hydrogen-bond acceptors (Lipinski definition) is 3. The minimum atomic E-state index is -0.323. The van der Waals surface area contributed by atoms with Crippen LogP contribution in [0.4, 0.5) is 8.78 Å². The number of amides is 1. The number of carbonyl (C=O) groups excluding carboxylic acids is 1. The second-order valence-electron chi connectivity index (χ2n) is 5.47. The van der Waals surface area contributed by atoms with E-state index in [1.165, 1.54) is 23.1 Å². The first-order valence-electron chi connectivity index (χ1n) is 7.33. The van der Waals surface area contributed by atoms with Crippen LogP contribution in [0.3, 0.4) is 0 Å². The largest absolute Gasteiger partial charge is 0.330 e. The molecular weight excluding hydrogens is 302 g/mol. The molecule has 1 aromatic heterocycles. The van der Waals surface area contributed by atoms with Crippen LogP contribution in [0.2, 0.25) is 0 Å². The molecule has 1 aromatic carbocycles. The average Bonchev–Trinajstić information content (AvgIpc) is 2.90. The summed E-state index contributed by atoms with van der Waals surface area (Å²) in [7, 11) is 0. The molecule has 0 N–H and O–H groups in total. The molecule has 120 valence electrons. The van der Waals surface area contributed by atoms with Crippen LogP contribution in [-0.4, -0.2) is 38.9 Å². The van der Waals surface area contributed by atoms with Crippen molar-refractivity contribution >= 4 is 5.91 Å².